The zero-order chi connectivity index (χ0) is 15.2. The van der Waals surface area contributed by atoms with Gasteiger partial charge in [-0.05, 0) is 31.3 Å². The van der Waals surface area contributed by atoms with Crippen molar-refractivity contribution in [1.82, 2.24) is 10.2 Å². The molecule has 0 fully saturated rings. The topological polar surface area (TPSA) is 66.5 Å². The summed E-state index contributed by atoms with van der Waals surface area (Å²) in [6.45, 7) is 7.23. The van der Waals surface area contributed by atoms with Crippen molar-refractivity contribution in [3.05, 3.63) is 29.8 Å². The summed E-state index contributed by atoms with van der Waals surface area (Å²) in [7, 11) is 1.44. The molecule has 7 heteroatoms. The molecule has 1 N–H and O–H groups in total. The van der Waals surface area contributed by atoms with Crippen LogP contribution in [0.5, 0.6) is 0 Å². The number of halogens is 1. The lowest BCUT2D eigenvalue weighted by Gasteiger charge is -2.17. The predicted octanol–water partition coefficient (Wildman–Crippen LogP) is 1.69. The second-order valence-electron chi connectivity index (χ2n) is 4.25. The number of carbonyl (C=O) groups excluding carboxylic acids is 1. The van der Waals surface area contributed by atoms with Crippen molar-refractivity contribution in [3.8, 4) is 0 Å². The summed E-state index contributed by atoms with van der Waals surface area (Å²) in [4.78, 5) is 14.0. The first kappa shape index (κ1) is 16.9. The molecule has 1 amide bonds. The highest BCUT2D eigenvalue weighted by Crippen LogP contribution is 2.15. The van der Waals surface area contributed by atoms with E-state index in [-0.39, 0.29) is 16.4 Å². The molecule has 0 aliphatic rings. The molecule has 0 heterocycles. The van der Waals surface area contributed by atoms with Crippen LogP contribution in [0.2, 0.25) is 0 Å². The maximum atomic E-state index is 11.9. The molecule has 0 saturated carbocycles. The first-order valence-electron chi connectivity index (χ1n) is 6.43. The molecule has 1 rings (SSSR count). The van der Waals surface area contributed by atoms with Crippen LogP contribution in [0.25, 0.3) is 0 Å². The Balaban J connectivity index is 2.65. The maximum absolute atomic E-state index is 11.9. The molecule has 0 unspecified atom stereocenters. The number of likely N-dealkylation sites (N-methyl/N-ethyl adjacent to an activating group) is 1. The third-order valence-electron chi connectivity index (χ3n) is 2.99. The number of nitrogens with zero attached hydrogens (tertiary/aromatic N) is 1. The first-order valence-corrected chi connectivity index (χ1v) is 8.74. The first-order chi connectivity index (χ1) is 9.38. The molecule has 0 radical (unpaired) electrons. The van der Waals surface area contributed by atoms with Crippen LogP contribution < -0.4 is 5.32 Å². The van der Waals surface area contributed by atoms with Gasteiger partial charge in [0.25, 0.3) is 15.0 Å². The minimum absolute atomic E-state index is 0.0736. The van der Waals surface area contributed by atoms with Gasteiger partial charge in [0.2, 0.25) is 0 Å². The summed E-state index contributed by atoms with van der Waals surface area (Å²) < 4.78 is 22.4. The third kappa shape index (κ3) is 5.11. The van der Waals surface area contributed by atoms with Crippen LogP contribution in [-0.2, 0) is 9.05 Å². The van der Waals surface area contributed by atoms with Crippen molar-refractivity contribution in [1.29, 1.82) is 0 Å². The van der Waals surface area contributed by atoms with Gasteiger partial charge in [-0.25, -0.2) is 8.42 Å². The van der Waals surface area contributed by atoms with Crippen LogP contribution in [0, 0.1) is 0 Å². The summed E-state index contributed by atoms with van der Waals surface area (Å²) in [5.74, 6) is -0.306. The normalized spacial score (nSPS) is 11.6. The summed E-state index contributed by atoms with van der Waals surface area (Å²) in [6, 6.07) is 5.68. The minimum atomic E-state index is -3.82. The van der Waals surface area contributed by atoms with E-state index in [0.29, 0.717) is 6.54 Å². The zero-order valence-corrected chi connectivity index (χ0v) is 13.2. The minimum Gasteiger partial charge on any atom is -0.351 e. The Morgan fingerprint density at radius 3 is 2.50 bits per heavy atom. The van der Waals surface area contributed by atoms with Crippen molar-refractivity contribution >= 4 is 25.6 Å². The molecule has 0 bridgehead atoms. The van der Waals surface area contributed by atoms with Gasteiger partial charge >= 0.3 is 0 Å². The highest BCUT2D eigenvalue weighted by Gasteiger charge is 2.13. The van der Waals surface area contributed by atoms with E-state index in [0.717, 1.165) is 19.6 Å². The lowest BCUT2D eigenvalue weighted by atomic mass is 10.2. The molecule has 5 nitrogen and oxygen atoms in total. The molecule has 0 aliphatic heterocycles. The molecule has 20 heavy (non-hydrogen) atoms. The van der Waals surface area contributed by atoms with Gasteiger partial charge in [0.05, 0.1) is 4.90 Å². The molecule has 1 aromatic carbocycles. The lowest BCUT2D eigenvalue weighted by Crippen LogP contribution is -2.34. The molecular formula is C13H19ClN2O3S. The van der Waals surface area contributed by atoms with Crippen molar-refractivity contribution < 1.29 is 13.2 Å². The molecule has 0 aromatic heterocycles. The fourth-order valence-electron chi connectivity index (χ4n) is 1.76. The van der Waals surface area contributed by atoms with Gasteiger partial charge < -0.3 is 10.2 Å². The van der Waals surface area contributed by atoms with Crippen LogP contribution in [0.4, 0.5) is 0 Å². The lowest BCUT2D eigenvalue weighted by molar-refractivity contribution is 0.0948. The second-order valence-corrected chi connectivity index (χ2v) is 6.81. The fraction of sp³-hybridized carbons (Fsp3) is 0.462. The van der Waals surface area contributed by atoms with E-state index in [4.69, 9.17) is 10.7 Å². The molecule has 0 aliphatic carbocycles. The maximum Gasteiger partial charge on any atom is 0.261 e. The molecule has 112 valence electrons. The third-order valence-corrected chi connectivity index (χ3v) is 4.34. The van der Waals surface area contributed by atoms with Gasteiger partial charge in [-0.1, -0.05) is 19.9 Å². The average molecular weight is 319 g/mol. The van der Waals surface area contributed by atoms with Gasteiger partial charge in [0.1, 0.15) is 0 Å². The van der Waals surface area contributed by atoms with Crippen LogP contribution in [-0.4, -0.2) is 45.4 Å². The standard InChI is InChI=1S/C13H19ClN2O3S/c1-3-16(4-2)9-8-15-13(17)11-6-5-7-12(10-11)20(14,18)19/h5-7,10H,3-4,8-9H2,1-2H3,(H,15,17). The Hall–Kier alpha value is -1.11. The number of benzene rings is 1. The average Bonchev–Trinajstić information content (AvgIpc) is 2.42. The SMILES string of the molecule is CCN(CC)CCNC(=O)c1cccc(S(=O)(=O)Cl)c1. The molecule has 0 spiro atoms. The summed E-state index contributed by atoms with van der Waals surface area (Å²) in [5.41, 5.74) is 0.284. The molecule has 1 aromatic rings. The quantitative estimate of drug-likeness (QED) is 0.777. The van der Waals surface area contributed by atoms with Gasteiger partial charge in [-0.2, -0.15) is 0 Å². The number of rotatable bonds is 7. The van der Waals surface area contributed by atoms with Gasteiger partial charge in [-0.15, -0.1) is 0 Å². The van der Waals surface area contributed by atoms with Crippen molar-refractivity contribution in [2.24, 2.45) is 0 Å². The monoisotopic (exact) mass is 318 g/mol. The van der Waals surface area contributed by atoms with Crippen LogP contribution in [0.15, 0.2) is 29.2 Å². The number of nitrogens with one attached hydrogen (secondary N) is 1. The molecule has 0 saturated heterocycles. The zero-order valence-electron chi connectivity index (χ0n) is 11.6. The number of hydrogen-bond acceptors (Lipinski definition) is 4. The smallest absolute Gasteiger partial charge is 0.261 e. The van der Waals surface area contributed by atoms with Crippen LogP contribution in [0.1, 0.15) is 24.2 Å². The van der Waals surface area contributed by atoms with Crippen molar-refractivity contribution in [2.75, 3.05) is 26.2 Å². The Morgan fingerprint density at radius 1 is 1.30 bits per heavy atom. The summed E-state index contributed by atoms with van der Waals surface area (Å²) in [6.07, 6.45) is 0. The molecular weight excluding hydrogens is 300 g/mol. The van der Waals surface area contributed by atoms with E-state index >= 15 is 0 Å². The van der Waals surface area contributed by atoms with E-state index in [1.165, 1.54) is 18.2 Å². The Bertz CT molecular complexity index is 556. The highest BCUT2D eigenvalue weighted by molar-refractivity contribution is 8.13. The Labute approximate surface area is 124 Å². The summed E-state index contributed by atoms with van der Waals surface area (Å²) in [5, 5.41) is 2.76. The van der Waals surface area contributed by atoms with Crippen molar-refractivity contribution in [3.63, 3.8) is 0 Å². The van der Waals surface area contributed by atoms with Crippen molar-refractivity contribution in [2.45, 2.75) is 18.7 Å². The Morgan fingerprint density at radius 2 is 1.95 bits per heavy atom. The van der Waals surface area contributed by atoms with E-state index in [1.54, 1.807) is 6.07 Å². The van der Waals surface area contributed by atoms with Crippen LogP contribution in [0.3, 0.4) is 0 Å². The summed E-state index contributed by atoms with van der Waals surface area (Å²) >= 11 is 0. The number of hydrogen-bond donors (Lipinski definition) is 1. The van der Waals surface area contributed by atoms with E-state index < -0.39 is 9.05 Å². The van der Waals surface area contributed by atoms with E-state index in [1.807, 2.05) is 0 Å². The fourth-order valence-corrected chi connectivity index (χ4v) is 2.56. The van der Waals surface area contributed by atoms with E-state index in [9.17, 15) is 13.2 Å². The largest absolute Gasteiger partial charge is 0.351 e. The Kier molecular flexibility index (Phi) is 6.45. The van der Waals surface area contributed by atoms with E-state index in [2.05, 4.69) is 24.1 Å². The van der Waals surface area contributed by atoms with Gasteiger partial charge in [0.15, 0.2) is 0 Å². The number of amides is 1. The number of carbonyl (C=O) groups is 1. The predicted molar refractivity (Wildman–Crippen MR) is 79.6 cm³/mol. The second kappa shape index (κ2) is 7.61. The van der Waals surface area contributed by atoms with Gasteiger partial charge in [0, 0.05) is 29.3 Å². The van der Waals surface area contributed by atoms with Crippen LogP contribution >= 0.6 is 10.7 Å². The molecule has 0 atom stereocenters. The highest BCUT2D eigenvalue weighted by atomic mass is 35.7. The van der Waals surface area contributed by atoms with Gasteiger partial charge in [-0.3, -0.25) is 4.79 Å².